The number of rotatable bonds is 5. The third kappa shape index (κ3) is 3.63. The number of hydrogen-bond acceptors (Lipinski definition) is 5. The van der Waals surface area contributed by atoms with Gasteiger partial charge in [-0.25, -0.2) is 13.1 Å². The normalized spacial score (nSPS) is 12.9. The molecule has 0 radical (unpaired) electrons. The van der Waals surface area contributed by atoms with Gasteiger partial charge < -0.3 is 9.72 Å². The first-order chi connectivity index (χ1) is 7.68. The first-order valence-electron chi connectivity index (χ1n) is 4.92. The van der Waals surface area contributed by atoms with E-state index < -0.39 is 15.6 Å². The molecule has 0 atom stereocenters. The molecule has 17 heavy (non-hydrogen) atoms. The first-order valence-corrected chi connectivity index (χ1v) is 7.22. The molecule has 0 spiro atoms. The largest absolute Gasteiger partial charge is 0.377 e. The maximum absolute atomic E-state index is 11.9. The van der Waals surface area contributed by atoms with Gasteiger partial charge in [0.15, 0.2) is 4.21 Å². The number of sulfonamides is 1. The molecular formula is C9H16N2O4S2. The zero-order valence-corrected chi connectivity index (χ0v) is 11.8. The minimum atomic E-state index is -3.66. The SMILES string of the molecule is COC(C)(C)CNS(=O)(=O)c1sc(=O)[nH]c1C. The van der Waals surface area contributed by atoms with Gasteiger partial charge in [0.2, 0.25) is 0 Å². The fourth-order valence-electron chi connectivity index (χ4n) is 1.05. The van der Waals surface area contributed by atoms with Gasteiger partial charge in [0.1, 0.15) is 0 Å². The zero-order chi connectivity index (χ0) is 13.3. The average molecular weight is 280 g/mol. The minimum absolute atomic E-state index is 0.0226. The summed E-state index contributed by atoms with van der Waals surface area (Å²) in [5.41, 5.74) is -0.245. The lowest BCUT2D eigenvalue weighted by molar-refractivity contribution is 0.0276. The number of methoxy groups -OCH3 is 1. The van der Waals surface area contributed by atoms with Crippen LogP contribution in [0, 0.1) is 6.92 Å². The summed E-state index contributed by atoms with van der Waals surface area (Å²) in [5, 5.41) is 0. The monoisotopic (exact) mass is 280 g/mol. The van der Waals surface area contributed by atoms with Crippen LogP contribution in [0.1, 0.15) is 19.5 Å². The molecule has 0 aliphatic carbocycles. The highest BCUT2D eigenvalue weighted by molar-refractivity contribution is 7.91. The van der Waals surface area contributed by atoms with E-state index >= 15 is 0 Å². The zero-order valence-electron chi connectivity index (χ0n) is 10.2. The third-order valence-corrected chi connectivity index (χ3v) is 5.27. The van der Waals surface area contributed by atoms with Crippen LogP contribution in [0.5, 0.6) is 0 Å². The molecule has 6 nitrogen and oxygen atoms in total. The average Bonchev–Trinajstić information content (AvgIpc) is 2.56. The molecule has 1 aromatic heterocycles. The van der Waals surface area contributed by atoms with Crippen molar-refractivity contribution in [1.82, 2.24) is 9.71 Å². The summed E-state index contributed by atoms with van der Waals surface area (Å²) in [6.07, 6.45) is 0. The molecule has 8 heteroatoms. The van der Waals surface area contributed by atoms with Crippen molar-refractivity contribution in [3.8, 4) is 0 Å². The van der Waals surface area contributed by atoms with Crippen LogP contribution >= 0.6 is 11.3 Å². The van der Waals surface area contributed by atoms with E-state index in [0.717, 1.165) is 0 Å². The van der Waals surface area contributed by atoms with E-state index in [4.69, 9.17) is 4.74 Å². The number of ether oxygens (including phenoxy) is 1. The second kappa shape index (κ2) is 4.89. The Morgan fingerprint density at radius 1 is 1.47 bits per heavy atom. The van der Waals surface area contributed by atoms with Crippen molar-refractivity contribution in [3.63, 3.8) is 0 Å². The molecule has 1 rings (SSSR count). The topological polar surface area (TPSA) is 88.3 Å². The lowest BCUT2D eigenvalue weighted by Gasteiger charge is -2.22. The van der Waals surface area contributed by atoms with Gasteiger partial charge in [0.25, 0.3) is 10.0 Å². The Balaban J connectivity index is 2.91. The van der Waals surface area contributed by atoms with Crippen molar-refractivity contribution in [2.24, 2.45) is 0 Å². The van der Waals surface area contributed by atoms with Crippen LogP contribution in [0.25, 0.3) is 0 Å². The Kier molecular flexibility index (Phi) is 4.13. The van der Waals surface area contributed by atoms with Gasteiger partial charge in [-0.2, -0.15) is 0 Å². The van der Waals surface area contributed by atoms with Crippen molar-refractivity contribution in [2.45, 2.75) is 30.6 Å². The van der Waals surface area contributed by atoms with E-state index in [1.807, 2.05) is 0 Å². The van der Waals surface area contributed by atoms with Gasteiger partial charge in [-0.15, -0.1) is 0 Å². The van der Waals surface area contributed by atoms with Gasteiger partial charge in [-0.05, 0) is 20.8 Å². The molecule has 0 amide bonds. The molecule has 0 saturated heterocycles. The minimum Gasteiger partial charge on any atom is -0.377 e. The fourth-order valence-corrected chi connectivity index (χ4v) is 3.60. The van der Waals surface area contributed by atoms with Crippen molar-refractivity contribution >= 4 is 21.4 Å². The summed E-state index contributed by atoms with van der Waals surface area (Å²) in [5.74, 6) is 0. The molecule has 0 bridgehead atoms. The van der Waals surface area contributed by atoms with E-state index in [0.29, 0.717) is 17.0 Å². The van der Waals surface area contributed by atoms with Gasteiger partial charge in [-0.1, -0.05) is 11.3 Å². The number of aryl methyl sites for hydroxylation is 1. The number of aromatic amines is 1. The number of H-pyrrole nitrogens is 1. The molecule has 0 aliphatic rings. The maximum atomic E-state index is 11.9. The van der Waals surface area contributed by atoms with Crippen molar-refractivity contribution < 1.29 is 13.2 Å². The highest BCUT2D eigenvalue weighted by atomic mass is 32.2. The lowest BCUT2D eigenvalue weighted by atomic mass is 10.1. The Labute approximate surface area is 104 Å². The molecule has 0 fully saturated rings. The van der Waals surface area contributed by atoms with Crippen LogP contribution in [-0.2, 0) is 14.8 Å². The number of nitrogens with one attached hydrogen (secondary N) is 2. The predicted molar refractivity (Wildman–Crippen MR) is 66.0 cm³/mol. The van der Waals surface area contributed by atoms with Crippen LogP contribution in [-0.4, -0.2) is 32.7 Å². The standard InChI is InChI=1S/C9H16N2O4S2/c1-6-7(16-8(12)11-6)17(13,14)10-5-9(2,3)15-4/h10H,5H2,1-4H3,(H,11,12). The summed E-state index contributed by atoms with van der Waals surface area (Å²) in [4.78, 5) is 13.1. The molecule has 1 aromatic rings. The summed E-state index contributed by atoms with van der Waals surface area (Å²) < 4.78 is 31.4. The molecule has 0 aromatic carbocycles. The van der Waals surface area contributed by atoms with Crippen molar-refractivity contribution in [2.75, 3.05) is 13.7 Å². The molecule has 0 unspecified atom stereocenters. The van der Waals surface area contributed by atoms with Crippen LogP contribution in [0.15, 0.2) is 9.00 Å². The Morgan fingerprint density at radius 3 is 2.47 bits per heavy atom. The highest BCUT2D eigenvalue weighted by Gasteiger charge is 2.24. The maximum Gasteiger partial charge on any atom is 0.305 e. The smallest absolute Gasteiger partial charge is 0.305 e. The molecule has 98 valence electrons. The van der Waals surface area contributed by atoms with Gasteiger partial charge in [0, 0.05) is 19.3 Å². The number of thiazole rings is 1. The van der Waals surface area contributed by atoms with Gasteiger partial charge in [-0.3, -0.25) is 4.79 Å². The van der Waals surface area contributed by atoms with Crippen LogP contribution < -0.4 is 9.60 Å². The highest BCUT2D eigenvalue weighted by Crippen LogP contribution is 2.16. The van der Waals surface area contributed by atoms with Crippen LogP contribution in [0.3, 0.4) is 0 Å². The second-order valence-electron chi connectivity index (χ2n) is 4.22. The van der Waals surface area contributed by atoms with Crippen LogP contribution in [0.2, 0.25) is 0 Å². The number of hydrogen-bond donors (Lipinski definition) is 2. The quantitative estimate of drug-likeness (QED) is 0.819. The Hall–Kier alpha value is -0.700. The summed E-state index contributed by atoms with van der Waals surface area (Å²) in [6.45, 7) is 5.22. The summed E-state index contributed by atoms with van der Waals surface area (Å²) in [7, 11) is -2.15. The van der Waals surface area contributed by atoms with Crippen molar-refractivity contribution in [1.29, 1.82) is 0 Å². The van der Waals surface area contributed by atoms with E-state index in [1.54, 1.807) is 20.8 Å². The second-order valence-corrected chi connectivity index (χ2v) is 7.16. The lowest BCUT2D eigenvalue weighted by Crippen LogP contribution is -2.39. The van der Waals surface area contributed by atoms with E-state index in [-0.39, 0.29) is 15.6 Å². The summed E-state index contributed by atoms with van der Waals surface area (Å²) in [6, 6.07) is 0. The number of aromatic nitrogens is 1. The first kappa shape index (κ1) is 14.4. The molecular weight excluding hydrogens is 264 g/mol. The molecule has 0 aliphatic heterocycles. The summed E-state index contributed by atoms with van der Waals surface area (Å²) >= 11 is 0.677. The van der Waals surface area contributed by atoms with Crippen LogP contribution in [0.4, 0.5) is 0 Å². The third-order valence-electron chi connectivity index (χ3n) is 2.27. The molecule has 1 heterocycles. The molecule has 0 saturated carbocycles. The van der Waals surface area contributed by atoms with E-state index in [9.17, 15) is 13.2 Å². The van der Waals surface area contributed by atoms with E-state index in [2.05, 4.69) is 9.71 Å². The van der Waals surface area contributed by atoms with Gasteiger partial charge in [0.05, 0.1) is 5.60 Å². The Bertz CT molecular complexity index is 542. The van der Waals surface area contributed by atoms with E-state index in [1.165, 1.54) is 7.11 Å². The fraction of sp³-hybridized carbons (Fsp3) is 0.667. The molecule has 2 N–H and O–H groups in total. The van der Waals surface area contributed by atoms with Crippen molar-refractivity contribution in [3.05, 3.63) is 15.4 Å². The van der Waals surface area contributed by atoms with Gasteiger partial charge >= 0.3 is 4.87 Å². The predicted octanol–water partition coefficient (Wildman–Crippen LogP) is 0.448. The Morgan fingerprint density at radius 2 is 2.06 bits per heavy atom.